The van der Waals surface area contributed by atoms with Crippen LogP contribution in [0.1, 0.15) is 38.2 Å². The number of fused-ring (bicyclic) bond motifs is 1. The van der Waals surface area contributed by atoms with Crippen molar-refractivity contribution in [2.45, 2.75) is 45.1 Å². The van der Waals surface area contributed by atoms with Crippen molar-refractivity contribution in [2.75, 3.05) is 0 Å². The van der Waals surface area contributed by atoms with Crippen LogP contribution in [0, 0.1) is 11.3 Å². The molecule has 2 aromatic heterocycles. The molecule has 6 heteroatoms. The number of Topliss-reactive ketones (excluding diaryl/α,β-unsaturated/α-hetero) is 1. The summed E-state index contributed by atoms with van der Waals surface area (Å²) in [6.45, 7) is 1.39. The van der Waals surface area contributed by atoms with Gasteiger partial charge in [0.15, 0.2) is 11.4 Å². The predicted octanol–water partition coefficient (Wildman–Crippen LogP) is 2.86. The average Bonchev–Trinajstić information content (AvgIpc) is 3.17. The highest BCUT2D eigenvalue weighted by atomic mass is 16.5. The summed E-state index contributed by atoms with van der Waals surface area (Å²) in [6.07, 6.45) is 10.3. The number of rotatable bonds is 5. The smallest absolute Gasteiger partial charge is 0.233 e. The molecular weight excluding hydrogens is 292 g/mol. The van der Waals surface area contributed by atoms with Crippen LogP contribution < -0.4 is 4.74 Å². The summed E-state index contributed by atoms with van der Waals surface area (Å²) < 4.78 is 5.88. The third-order valence-corrected chi connectivity index (χ3v) is 4.05. The van der Waals surface area contributed by atoms with Crippen LogP contribution in [0.3, 0.4) is 0 Å². The number of hydrogen-bond donors (Lipinski definition) is 1. The summed E-state index contributed by atoms with van der Waals surface area (Å²) in [5.74, 6) is 0.296. The van der Waals surface area contributed by atoms with Crippen molar-refractivity contribution in [3.05, 3.63) is 29.6 Å². The maximum absolute atomic E-state index is 11.3. The fourth-order valence-corrected chi connectivity index (χ4v) is 2.80. The number of aromatic nitrogens is 3. The van der Waals surface area contributed by atoms with E-state index in [1.54, 1.807) is 18.5 Å². The Labute approximate surface area is 134 Å². The third kappa shape index (κ3) is 3.39. The van der Waals surface area contributed by atoms with Gasteiger partial charge in [-0.25, -0.2) is 9.97 Å². The highest BCUT2D eigenvalue weighted by Crippen LogP contribution is 2.24. The normalized spacial score (nSPS) is 15.7. The van der Waals surface area contributed by atoms with Crippen LogP contribution in [-0.2, 0) is 11.2 Å². The number of H-pyrrole nitrogens is 1. The Balaban J connectivity index is 1.83. The van der Waals surface area contributed by atoms with Gasteiger partial charge in [0.05, 0.1) is 11.8 Å². The Morgan fingerprint density at radius 1 is 1.52 bits per heavy atom. The molecule has 0 aromatic carbocycles. The minimum absolute atomic E-state index is 0.158. The fraction of sp³-hybridized carbons (Fsp3) is 0.412. The van der Waals surface area contributed by atoms with Gasteiger partial charge in [-0.05, 0) is 39.0 Å². The lowest BCUT2D eigenvalue weighted by Crippen LogP contribution is -2.12. The summed E-state index contributed by atoms with van der Waals surface area (Å²) >= 11 is 0. The molecule has 0 saturated heterocycles. The molecule has 0 amide bonds. The summed E-state index contributed by atoms with van der Waals surface area (Å²) in [4.78, 5) is 23.2. The minimum Gasteiger partial charge on any atom is -0.473 e. The maximum atomic E-state index is 11.3. The number of ether oxygens (including phenoxy) is 1. The zero-order chi connectivity index (χ0) is 16.2. The molecule has 2 heterocycles. The summed E-state index contributed by atoms with van der Waals surface area (Å²) in [5.41, 5.74) is 2.44. The second-order valence-corrected chi connectivity index (χ2v) is 5.73. The molecule has 6 nitrogen and oxygen atoms in total. The van der Waals surface area contributed by atoms with Crippen LogP contribution in [0.25, 0.3) is 11.2 Å². The molecule has 0 atom stereocenters. The van der Waals surface area contributed by atoms with E-state index in [0.29, 0.717) is 17.9 Å². The lowest BCUT2D eigenvalue weighted by molar-refractivity contribution is -0.113. The monoisotopic (exact) mass is 310 g/mol. The standard InChI is InChI=1S/C17H18N4O2/c1-11(22)12(8-18)6-7-13-9-19-17-16(13)21-15(10-20-17)23-14-4-2-3-5-14/h6,9-10,14H,2-5,7H2,1H3,(H,19,20). The number of carbonyl (C=O) groups is 1. The van der Waals surface area contributed by atoms with Gasteiger partial charge in [-0.2, -0.15) is 5.26 Å². The molecule has 118 valence electrons. The molecule has 1 aliphatic rings. The van der Waals surface area contributed by atoms with E-state index >= 15 is 0 Å². The van der Waals surface area contributed by atoms with Crippen LogP contribution in [-0.4, -0.2) is 26.8 Å². The van der Waals surface area contributed by atoms with Crippen LogP contribution in [0.15, 0.2) is 24.0 Å². The summed E-state index contributed by atoms with van der Waals surface area (Å²) in [7, 11) is 0. The molecule has 2 aromatic rings. The number of nitrogens with one attached hydrogen (secondary N) is 1. The molecule has 0 unspecified atom stereocenters. The molecule has 1 fully saturated rings. The molecule has 1 N–H and O–H groups in total. The average molecular weight is 310 g/mol. The van der Waals surface area contributed by atoms with Crippen molar-refractivity contribution >= 4 is 16.9 Å². The second-order valence-electron chi connectivity index (χ2n) is 5.73. The van der Waals surface area contributed by atoms with Crippen LogP contribution in [0.5, 0.6) is 5.88 Å². The molecule has 0 radical (unpaired) electrons. The lowest BCUT2D eigenvalue weighted by Gasteiger charge is -2.11. The molecule has 0 bridgehead atoms. The predicted molar refractivity (Wildman–Crippen MR) is 84.9 cm³/mol. The Kier molecular flexibility index (Phi) is 4.38. The molecule has 0 spiro atoms. The van der Waals surface area contributed by atoms with Crippen molar-refractivity contribution in [3.63, 3.8) is 0 Å². The van der Waals surface area contributed by atoms with Crippen molar-refractivity contribution in [1.29, 1.82) is 5.26 Å². The van der Waals surface area contributed by atoms with Gasteiger partial charge >= 0.3 is 0 Å². The highest BCUT2D eigenvalue weighted by Gasteiger charge is 2.18. The molecule has 0 aliphatic heterocycles. The lowest BCUT2D eigenvalue weighted by atomic mass is 10.1. The number of carbonyl (C=O) groups excluding carboxylic acids is 1. The van der Waals surface area contributed by atoms with Crippen molar-refractivity contribution in [3.8, 4) is 11.9 Å². The third-order valence-electron chi connectivity index (χ3n) is 4.05. The quantitative estimate of drug-likeness (QED) is 0.677. The molecule has 1 saturated carbocycles. The largest absolute Gasteiger partial charge is 0.473 e. The van der Waals surface area contributed by atoms with Gasteiger partial charge in [-0.1, -0.05) is 6.08 Å². The number of nitrogens with zero attached hydrogens (tertiary/aromatic N) is 3. The first kappa shape index (κ1) is 15.2. The van der Waals surface area contributed by atoms with Crippen LogP contribution in [0.4, 0.5) is 0 Å². The van der Waals surface area contributed by atoms with Gasteiger partial charge in [0, 0.05) is 11.8 Å². The van der Waals surface area contributed by atoms with Gasteiger partial charge in [-0.3, -0.25) is 4.79 Å². The molecule has 23 heavy (non-hydrogen) atoms. The molecule has 1 aliphatic carbocycles. The number of nitriles is 1. The van der Waals surface area contributed by atoms with Crippen molar-refractivity contribution in [1.82, 2.24) is 15.0 Å². The van der Waals surface area contributed by atoms with Gasteiger partial charge in [0.25, 0.3) is 0 Å². The minimum atomic E-state index is -0.233. The first-order valence-electron chi connectivity index (χ1n) is 7.78. The zero-order valence-electron chi connectivity index (χ0n) is 13.0. The summed E-state index contributed by atoms with van der Waals surface area (Å²) in [5, 5.41) is 8.95. The van der Waals surface area contributed by atoms with E-state index in [0.717, 1.165) is 23.9 Å². The van der Waals surface area contributed by atoms with E-state index in [1.807, 2.05) is 6.07 Å². The van der Waals surface area contributed by atoms with Gasteiger partial charge < -0.3 is 9.72 Å². The maximum Gasteiger partial charge on any atom is 0.233 e. The van der Waals surface area contributed by atoms with E-state index in [4.69, 9.17) is 10.00 Å². The van der Waals surface area contributed by atoms with Gasteiger partial charge in [0.1, 0.15) is 17.7 Å². The van der Waals surface area contributed by atoms with Crippen LogP contribution in [0.2, 0.25) is 0 Å². The number of aromatic amines is 1. The van der Waals surface area contributed by atoms with E-state index in [-0.39, 0.29) is 17.5 Å². The molecular formula is C17H18N4O2. The fourth-order valence-electron chi connectivity index (χ4n) is 2.80. The number of hydrogen-bond acceptors (Lipinski definition) is 5. The first-order chi connectivity index (χ1) is 11.2. The van der Waals surface area contributed by atoms with Gasteiger partial charge in [0.2, 0.25) is 5.88 Å². The Hall–Kier alpha value is -2.68. The van der Waals surface area contributed by atoms with Crippen molar-refractivity contribution < 1.29 is 9.53 Å². The zero-order valence-corrected chi connectivity index (χ0v) is 13.0. The number of ketones is 1. The van der Waals surface area contributed by atoms with Crippen molar-refractivity contribution in [2.24, 2.45) is 0 Å². The van der Waals surface area contributed by atoms with E-state index in [2.05, 4.69) is 15.0 Å². The second kappa shape index (κ2) is 6.61. The number of allylic oxidation sites excluding steroid dienone is 2. The van der Waals surface area contributed by atoms with Gasteiger partial charge in [-0.15, -0.1) is 0 Å². The Morgan fingerprint density at radius 2 is 2.30 bits per heavy atom. The summed E-state index contributed by atoms with van der Waals surface area (Å²) in [6, 6.07) is 1.91. The topological polar surface area (TPSA) is 91.7 Å². The molecule has 3 rings (SSSR count). The van der Waals surface area contributed by atoms with Crippen LogP contribution >= 0.6 is 0 Å². The first-order valence-corrected chi connectivity index (χ1v) is 7.78. The van der Waals surface area contributed by atoms with E-state index in [9.17, 15) is 4.79 Å². The Morgan fingerprint density at radius 3 is 3.00 bits per heavy atom. The SMILES string of the molecule is CC(=O)C(C#N)=CCc1c[nH]c2ncc(OC3CCCC3)nc12. The van der Waals surface area contributed by atoms with E-state index in [1.165, 1.54) is 19.8 Å². The highest BCUT2D eigenvalue weighted by molar-refractivity contribution is 5.97. The van der Waals surface area contributed by atoms with E-state index < -0.39 is 0 Å². The Bertz CT molecular complexity index is 795.